The summed E-state index contributed by atoms with van der Waals surface area (Å²) in [5, 5.41) is 10.2. The Morgan fingerprint density at radius 1 is 0.545 bits per heavy atom. The summed E-state index contributed by atoms with van der Waals surface area (Å²) in [4.78, 5) is 0. The quantitative estimate of drug-likeness (QED) is 0.179. The summed E-state index contributed by atoms with van der Waals surface area (Å²) in [6.07, 6.45) is 0. The highest BCUT2D eigenvalue weighted by molar-refractivity contribution is 6.22. The number of nitrogens with zero attached hydrogens (tertiary/aromatic N) is 1. The third-order valence-corrected chi connectivity index (χ3v) is 6.30. The number of hydrogen-bond acceptors (Lipinski definition) is 4. The van der Waals surface area contributed by atoms with E-state index in [1.165, 1.54) is 5.56 Å². The van der Waals surface area contributed by atoms with Gasteiger partial charge in [0.2, 0.25) is 11.0 Å². The SMILES string of the molecule is CO.c1cc2oc3cccc4c3c3c5c(cccc5[n+]4-c4cc5ccccc5o4)oc(c1)c2-3. The number of para-hydroxylation sites is 1. The van der Waals surface area contributed by atoms with Gasteiger partial charge in [-0.1, -0.05) is 36.4 Å². The molecule has 2 aliphatic rings. The standard InChI is InChI=1S/C27H14NO3.CH4O/c1-2-9-18-15(6-1)14-23(31-18)28-16-7-3-10-19-24(16)27-25-17(28)8-4-11-20(25)30-22-13-5-12-21(29-19)26(22)27;1-2/h1-14H;2H,1H3/q+1;. The Labute approximate surface area is 187 Å². The first kappa shape index (κ1) is 18.2. The summed E-state index contributed by atoms with van der Waals surface area (Å²) in [6, 6.07) is 28.5. The Hall–Kier alpha value is -4.35. The minimum absolute atomic E-state index is 0.770. The topological polar surface area (TPSA) is 63.5 Å². The molecule has 2 aliphatic heterocycles. The van der Waals surface area contributed by atoms with Gasteiger partial charge in [0, 0.05) is 30.2 Å². The first-order chi connectivity index (χ1) is 16.4. The molecule has 0 bridgehead atoms. The average Bonchev–Trinajstić information content (AvgIpc) is 3.29. The van der Waals surface area contributed by atoms with E-state index in [9.17, 15) is 0 Å². The summed E-state index contributed by atoms with van der Waals surface area (Å²) in [5.74, 6) is 0.770. The van der Waals surface area contributed by atoms with Crippen molar-refractivity contribution in [1.29, 1.82) is 0 Å². The van der Waals surface area contributed by atoms with Gasteiger partial charge in [0.15, 0.2) is 0 Å². The van der Waals surface area contributed by atoms with Crippen molar-refractivity contribution in [2.24, 2.45) is 0 Å². The van der Waals surface area contributed by atoms with Crippen LogP contribution in [0.15, 0.2) is 98.2 Å². The number of aliphatic hydroxyl groups excluding tert-OH is 1. The summed E-state index contributed by atoms with van der Waals surface area (Å²) in [7, 11) is 1.00. The monoisotopic (exact) mass is 432 g/mol. The smallest absolute Gasteiger partial charge is 0.380 e. The van der Waals surface area contributed by atoms with Crippen LogP contribution in [0.25, 0.3) is 72.1 Å². The van der Waals surface area contributed by atoms with Gasteiger partial charge < -0.3 is 18.4 Å². The molecular weight excluding hydrogens is 414 g/mol. The molecule has 0 amide bonds. The minimum atomic E-state index is 0.770. The van der Waals surface area contributed by atoms with Gasteiger partial charge >= 0.3 is 5.88 Å². The number of aromatic nitrogens is 1. The van der Waals surface area contributed by atoms with Crippen molar-refractivity contribution < 1.29 is 22.9 Å². The van der Waals surface area contributed by atoms with E-state index in [-0.39, 0.29) is 0 Å². The lowest BCUT2D eigenvalue weighted by molar-refractivity contribution is -0.552. The molecule has 6 aromatic rings. The van der Waals surface area contributed by atoms with Crippen LogP contribution in [0, 0.1) is 0 Å². The fourth-order valence-corrected chi connectivity index (χ4v) is 5.07. The van der Waals surface area contributed by atoms with Gasteiger partial charge in [-0.2, -0.15) is 0 Å². The molecule has 1 N–H and O–H groups in total. The Balaban J connectivity index is 0.000000928. The van der Waals surface area contributed by atoms with Crippen LogP contribution >= 0.6 is 0 Å². The Bertz CT molecular complexity index is 1770. The highest BCUT2D eigenvalue weighted by atomic mass is 16.4. The van der Waals surface area contributed by atoms with Crippen molar-refractivity contribution in [3.05, 3.63) is 84.9 Å². The van der Waals surface area contributed by atoms with Gasteiger partial charge in [-0.05, 0) is 30.3 Å². The van der Waals surface area contributed by atoms with E-state index in [2.05, 4.69) is 28.8 Å². The maximum atomic E-state index is 7.00. The Kier molecular flexibility index (Phi) is 3.63. The van der Waals surface area contributed by atoms with Gasteiger partial charge in [-0.3, -0.25) is 0 Å². The van der Waals surface area contributed by atoms with E-state index in [4.69, 9.17) is 18.4 Å². The van der Waals surface area contributed by atoms with Crippen LogP contribution in [-0.4, -0.2) is 12.2 Å². The van der Waals surface area contributed by atoms with E-state index < -0.39 is 0 Å². The van der Waals surface area contributed by atoms with Crippen LogP contribution in [0.3, 0.4) is 0 Å². The number of pyridine rings is 1. The highest BCUT2D eigenvalue weighted by Crippen LogP contribution is 2.47. The number of fused-ring (bicyclic) bond motifs is 1. The van der Waals surface area contributed by atoms with E-state index >= 15 is 0 Å². The minimum Gasteiger partial charge on any atom is -0.456 e. The van der Waals surface area contributed by atoms with Gasteiger partial charge in [-0.15, -0.1) is 4.57 Å². The average molecular weight is 432 g/mol. The molecule has 0 fully saturated rings. The fourth-order valence-electron chi connectivity index (χ4n) is 5.07. The number of aliphatic hydroxyl groups is 1. The molecule has 0 saturated heterocycles. The summed E-state index contributed by atoms with van der Waals surface area (Å²) in [6.45, 7) is 0. The zero-order chi connectivity index (χ0) is 22.1. The lowest BCUT2D eigenvalue weighted by Gasteiger charge is -2.18. The van der Waals surface area contributed by atoms with E-state index in [1.54, 1.807) is 0 Å². The maximum Gasteiger partial charge on any atom is 0.380 e. The highest BCUT2D eigenvalue weighted by Gasteiger charge is 2.32. The van der Waals surface area contributed by atoms with E-state index in [0.29, 0.717) is 0 Å². The molecule has 2 aromatic heterocycles. The zero-order valence-electron chi connectivity index (χ0n) is 17.7. The first-order valence-electron chi connectivity index (χ1n) is 10.7. The molecule has 0 aliphatic carbocycles. The van der Waals surface area contributed by atoms with Crippen LogP contribution in [-0.2, 0) is 0 Å². The maximum absolute atomic E-state index is 7.00. The summed E-state index contributed by atoms with van der Waals surface area (Å²) < 4.78 is 21.1. The number of benzene rings is 4. The molecule has 5 heteroatoms. The van der Waals surface area contributed by atoms with Gasteiger partial charge in [0.05, 0.1) is 22.4 Å². The van der Waals surface area contributed by atoms with Gasteiger partial charge in [0.1, 0.15) is 27.9 Å². The predicted molar refractivity (Wildman–Crippen MR) is 128 cm³/mol. The van der Waals surface area contributed by atoms with Crippen molar-refractivity contribution in [3.8, 4) is 17.0 Å². The lowest BCUT2D eigenvalue weighted by Crippen LogP contribution is -2.32. The summed E-state index contributed by atoms with van der Waals surface area (Å²) >= 11 is 0. The zero-order valence-corrected chi connectivity index (χ0v) is 17.7. The molecule has 5 nitrogen and oxygen atoms in total. The van der Waals surface area contributed by atoms with Crippen LogP contribution in [0.2, 0.25) is 0 Å². The first-order valence-corrected chi connectivity index (χ1v) is 10.7. The van der Waals surface area contributed by atoms with E-state index in [1.807, 2.05) is 60.7 Å². The number of rotatable bonds is 1. The molecule has 4 heterocycles. The second kappa shape index (κ2) is 6.58. The molecule has 8 rings (SSSR count). The van der Waals surface area contributed by atoms with Crippen molar-refractivity contribution >= 4 is 55.1 Å². The summed E-state index contributed by atoms with van der Waals surface area (Å²) in [5.41, 5.74) is 8.49. The van der Waals surface area contributed by atoms with Crippen LogP contribution in [0.5, 0.6) is 0 Å². The second-order valence-electron chi connectivity index (χ2n) is 7.97. The molecule has 0 unspecified atom stereocenters. The molecule has 0 spiro atoms. The molecule has 0 radical (unpaired) electrons. The van der Waals surface area contributed by atoms with Gasteiger partial charge in [-0.25, -0.2) is 0 Å². The van der Waals surface area contributed by atoms with Crippen LogP contribution < -0.4 is 4.57 Å². The van der Waals surface area contributed by atoms with Crippen LogP contribution in [0.1, 0.15) is 0 Å². The number of furan rings is 1. The third kappa shape index (κ3) is 2.31. The van der Waals surface area contributed by atoms with Crippen molar-refractivity contribution in [1.82, 2.24) is 0 Å². The molecule has 0 saturated carbocycles. The largest absolute Gasteiger partial charge is 0.456 e. The Morgan fingerprint density at radius 3 is 1.73 bits per heavy atom. The lowest BCUT2D eigenvalue weighted by atomic mass is 9.92. The predicted octanol–water partition coefficient (Wildman–Crippen LogP) is 6.66. The molecule has 0 atom stereocenters. The van der Waals surface area contributed by atoms with Crippen LogP contribution in [0.4, 0.5) is 0 Å². The van der Waals surface area contributed by atoms with Crippen molar-refractivity contribution in [2.45, 2.75) is 0 Å². The third-order valence-electron chi connectivity index (χ3n) is 6.30. The molecular formula is C28H18NO4+. The fraction of sp³-hybridized carbons (Fsp3) is 0.0357. The second-order valence-corrected chi connectivity index (χ2v) is 7.97. The molecule has 4 aromatic carbocycles. The molecule has 158 valence electrons. The molecule has 33 heavy (non-hydrogen) atoms. The van der Waals surface area contributed by atoms with Crippen molar-refractivity contribution in [2.75, 3.05) is 7.11 Å². The van der Waals surface area contributed by atoms with E-state index in [0.717, 1.165) is 73.7 Å². The number of hydrogen-bond donors (Lipinski definition) is 1. The van der Waals surface area contributed by atoms with Crippen molar-refractivity contribution in [3.63, 3.8) is 0 Å². The normalized spacial score (nSPS) is 11.9. The van der Waals surface area contributed by atoms with Gasteiger partial charge in [0.25, 0.3) is 0 Å². The Morgan fingerprint density at radius 2 is 1.09 bits per heavy atom.